The van der Waals surface area contributed by atoms with Crippen LogP contribution in [0.1, 0.15) is 33.3 Å². The van der Waals surface area contributed by atoms with E-state index in [9.17, 15) is 4.39 Å². The summed E-state index contributed by atoms with van der Waals surface area (Å²) < 4.78 is 14.9. The van der Waals surface area contributed by atoms with Gasteiger partial charge in [0.25, 0.3) is 0 Å². The molecule has 0 saturated heterocycles. The third-order valence-corrected chi connectivity index (χ3v) is 4.62. The number of hydrogen-bond acceptors (Lipinski definition) is 2. The summed E-state index contributed by atoms with van der Waals surface area (Å²) in [6.45, 7) is 10.4. The van der Waals surface area contributed by atoms with E-state index in [-0.39, 0.29) is 5.82 Å². The average molecular weight is 377 g/mol. The average Bonchev–Trinajstić information content (AvgIpc) is 2.64. The smallest absolute Gasteiger partial charge is 0.131 e. The molecule has 0 amide bonds. The summed E-state index contributed by atoms with van der Waals surface area (Å²) in [6, 6.07) is 20.4. The van der Waals surface area contributed by atoms with Gasteiger partial charge in [0.15, 0.2) is 0 Å². The molecule has 28 heavy (non-hydrogen) atoms. The summed E-state index contributed by atoms with van der Waals surface area (Å²) in [5, 5.41) is 6.73. The zero-order valence-electron chi connectivity index (χ0n) is 17.3. The molecule has 0 aromatic heterocycles. The third-order valence-electron chi connectivity index (χ3n) is 4.62. The molecular formula is C25H29FN2. The second-order valence-corrected chi connectivity index (χ2v) is 7.90. The van der Waals surface area contributed by atoms with Gasteiger partial charge >= 0.3 is 0 Å². The van der Waals surface area contributed by atoms with Crippen molar-refractivity contribution in [3.63, 3.8) is 0 Å². The number of aryl methyl sites for hydroxylation is 1. The molecule has 2 nitrogen and oxygen atoms in total. The fourth-order valence-corrected chi connectivity index (χ4v) is 3.37. The second-order valence-electron chi connectivity index (χ2n) is 7.90. The Bertz CT molecular complexity index is 847. The molecule has 0 unspecified atom stereocenters. The van der Waals surface area contributed by atoms with Crippen LogP contribution in [0.5, 0.6) is 0 Å². The van der Waals surface area contributed by atoms with Gasteiger partial charge in [-0.15, -0.1) is 0 Å². The van der Waals surface area contributed by atoms with Crippen LogP contribution < -0.4 is 10.6 Å². The van der Waals surface area contributed by atoms with E-state index < -0.39 is 0 Å². The molecular weight excluding hydrogens is 347 g/mol. The number of hydrogen-bond donors (Lipinski definition) is 2. The van der Waals surface area contributed by atoms with Crippen LogP contribution in [0.15, 0.2) is 60.7 Å². The van der Waals surface area contributed by atoms with Gasteiger partial charge in [-0.25, -0.2) is 4.39 Å². The molecule has 0 aliphatic rings. The van der Waals surface area contributed by atoms with Crippen LogP contribution in [0.4, 0.5) is 15.8 Å². The van der Waals surface area contributed by atoms with E-state index in [2.05, 4.69) is 38.3 Å². The first-order valence-corrected chi connectivity index (χ1v) is 9.87. The summed E-state index contributed by atoms with van der Waals surface area (Å²) in [4.78, 5) is 0. The molecule has 0 saturated carbocycles. The Morgan fingerprint density at radius 3 is 1.50 bits per heavy atom. The predicted molar refractivity (Wildman–Crippen MR) is 120 cm³/mol. The van der Waals surface area contributed by atoms with Crippen molar-refractivity contribution < 1.29 is 4.39 Å². The van der Waals surface area contributed by atoms with Crippen molar-refractivity contribution in [2.75, 3.05) is 10.6 Å². The highest BCUT2D eigenvalue weighted by Crippen LogP contribution is 2.32. The minimum absolute atomic E-state index is 0.199. The molecule has 0 spiro atoms. The molecule has 3 aromatic rings. The highest BCUT2D eigenvalue weighted by Gasteiger charge is 2.11. The summed E-state index contributed by atoms with van der Waals surface area (Å²) in [6.07, 6.45) is 0. The lowest BCUT2D eigenvalue weighted by atomic mass is 9.95. The fourth-order valence-electron chi connectivity index (χ4n) is 3.37. The normalized spacial score (nSPS) is 11.1. The van der Waals surface area contributed by atoms with Crippen LogP contribution >= 0.6 is 0 Å². The highest BCUT2D eigenvalue weighted by molar-refractivity contribution is 5.75. The van der Waals surface area contributed by atoms with E-state index in [1.54, 1.807) is 6.07 Å². The van der Waals surface area contributed by atoms with Gasteiger partial charge in [-0.3, -0.25) is 0 Å². The molecule has 3 aromatic carbocycles. The molecule has 146 valence electrons. The van der Waals surface area contributed by atoms with Gasteiger partial charge in [-0.1, -0.05) is 24.3 Å². The van der Waals surface area contributed by atoms with Gasteiger partial charge in [0.05, 0.1) is 0 Å². The van der Waals surface area contributed by atoms with E-state index in [0.29, 0.717) is 17.6 Å². The largest absolute Gasteiger partial charge is 0.383 e. The quantitative estimate of drug-likeness (QED) is 0.479. The van der Waals surface area contributed by atoms with Crippen molar-refractivity contribution >= 4 is 11.4 Å². The van der Waals surface area contributed by atoms with Crippen LogP contribution in [0.25, 0.3) is 22.3 Å². The van der Waals surface area contributed by atoms with E-state index in [0.717, 1.165) is 33.6 Å². The van der Waals surface area contributed by atoms with E-state index >= 15 is 0 Å². The topological polar surface area (TPSA) is 24.1 Å². The lowest BCUT2D eigenvalue weighted by Crippen LogP contribution is -2.09. The zero-order valence-corrected chi connectivity index (χ0v) is 17.3. The number of halogens is 1. The van der Waals surface area contributed by atoms with Crippen LogP contribution in [-0.2, 0) is 0 Å². The maximum atomic E-state index is 14.9. The molecule has 0 heterocycles. The lowest BCUT2D eigenvalue weighted by Gasteiger charge is -2.14. The Hall–Kier alpha value is -2.81. The highest BCUT2D eigenvalue weighted by atomic mass is 19.1. The van der Waals surface area contributed by atoms with Gasteiger partial charge in [0, 0.05) is 29.0 Å². The van der Waals surface area contributed by atoms with Gasteiger partial charge in [0.2, 0.25) is 0 Å². The van der Waals surface area contributed by atoms with Crippen molar-refractivity contribution in [3.8, 4) is 22.3 Å². The van der Waals surface area contributed by atoms with E-state index in [1.165, 1.54) is 0 Å². The number of nitrogens with one attached hydrogen (secondary N) is 2. The van der Waals surface area contributed by atoms with Gasteiger partial charge < -0.3 is 10.6 Å². The maximum Gasteiger partial charge on any atom is 0.131 e. The van der Waals surface area contributed by atoms with Gasteiger partial charge in [0.1, 0.15) is 5.82 Å². The summed E-state index contributed by atoms with van der Waals surface area (Å²) in [5.74, 6) is -0.199. The van der Waals surface area contributed by atoms with Crippen LogP contribution in [0, 0.1) is 12.7 Å². The summed E-state index contributed by atoms with van der Waals surface area (Å²) in [7, 11) is 0. The molecule has 0 radical (unpaired) electrons. The lowest BCUT2D eigenvalue weighted by molar-refractivity contribution is 0.631. The van der Waals surface area contributed by atoms with E-state index in [4.69, 9.17) is 0 Å². The fraction of sp³-hybridized carbons (Fsp3) is 0.280. The van der Waals surface area contributed by atoms with Gasteiger partial charge in [-0.05, 0) is 93.3 Å². The first kappa shape index (κ1) is 19.9. The number of anilines is 2. The first-order valence-electron chi connectivity index (χ1n) is 9.87. The molecule has 0 atom stereocenters. The molecule has 3 rings (SSSR count). The van der Waals surface area contributed by atoms with Crippen molar-refractivity contribution in [3.05, 3.63) is 72.0 Å². The molecule has 0 aliphatic heterocycles. The van der Waals surface area contributed by atoms with Crippen molar-refractivity contribution in [2.45, 2.75) is 46.7 Å². The van der Waals surface area contributed by atoms with Crippen LogP contribution in [0.3, 0.4) is 0 Å². The Morgan fingerprint density at radius 1 is 0.643 bits per heavy atom. The molecule has 2 N–H and O–H groups in total. The van der Waals surface area contributed by atoms with E-state index in [1.807, 2.05) is 61.5 Å². The molecule has 0 fully saturated rings. The Morgan fingerprint density at radius 2 is 1.07 bits per heavy atom. The predicted octanol–water partition coefficient (Wildman–Crippen LogP) is 7.11. The number of rotatable bonds is 6. The monoisotopic (exact) mass is 376 g/mol. The third kappa shape index (κ3) is 4.72. The van der Waals surface area contributed by atoms with Crippen molar-refractivity contribution in [1.29, 1.82) is 0 Å². The molecule has 0 aliphatic carbocycles. The minimum Gasteiger partial charge on any atom is -0.383 e. The van der Waals surface area contributed by atoms with Crippen LogP contribution in [-0.4, -0.2) is 12.1 Å². The Balaban J connectivity index is 1.88. The molecule has 3 heteroatoms. The van der Waals surface area contributed by atoms with Crippen molar-refractivity contribution in [1.82, 2.24) is 0 Å². The summed E-state index contributed by atoms with van der Waals surface area (Å²) in [5.41, 5.74) is 6.65. The minimum atomic E-state index is -0.199. The standard InChI is InChI=1S/C25H29FN2/c1-16(2)27-21-10-6-19(7-11-21)23-15-25(26)24(14-18(23)5)20-8-12-22(13-9-20)28-17(3)4/h6-17,27-28H,1-5H3. The van der Waals surface area contributed by atoms with Gasteiger partial charge in [-0.2, -0.15) is 0 Å². The summed E-state index contributed by atoms with van der Waals surface area (Å²) >= 11 is 0. The van der Waals surface area contributed by atoms with Crippen LogP contribution in [0.2, 0.25) is 0 Å². The SMILES string of the molecule is Cc1cc(-c2ccc(NC(C)C)cc2)c(F)cc1-c1ccc(NC(C)C)cc1. The number of benzene rings is 3. The Labute approximate surface area is 167 Å². The molecule has 0 bridgehead atoms. The van der Waals surface area contributed by atoms with Crippen molar-refractivity contribution in [2.24, 2.45) is 0 Å². The zero-order chi connectivity index (χ0) is 20.3. The first-order chi connectivity index (χ1) is 13.3. The Kier molecular flexibility index (Phi) is 6.03. The maximum absolute atomic E-state index is 14.9. The second kappa shape index (κ2) is 8.47.